The highest BCUT2D eigenvalue weighted by Crippen LogP contribution is 2.28. The summed E-state index contributed by atoms with van der Waals surface area (Å²) in [5.74, 6) is 0.111. The molecule has 0 saturated carbocycles. The molecule has 0 aromatic carbocycles. The number of hydrogen-bond donors (Lipinski definition) is 0. The van der Waals surface area contributed by atoms with Crippen molar-refractivity contribution in [1.82, 2.24) is 9.80 Å². The summed E-state index contributed by atoms with van der Waals surface area (Å²) in [5.41, 5.74) is 0.672. The first-order valence-electron chi connectivity index (χ1n) is 6.29. The minimum atomic E-state index is 0.111. The molecule has 1 aromatic heterocycles. The fraction of sp³-hybridized carbons (Fsp3) is 0.615. The third-order valence-electron chi connectivity index (χ3n) is 4.20. The van der Waals surface area contributed by atoms with Gasteiger partial charge in [-0.2, -0.15) is 0 Å². The summed E-state index contributed by atoms with van der Waals surface area (Å²) in [5, 5.41) is 0. The molecule has 4 heteroatoms. The second kappa shape index (κ2) is 4.18. The zero-order chi connectivity index (χ0) is 11.8. The number of nitrogens with zero attached hydrogens (tertiary/aromatic N) is 2. The van der Waals surface area contributed by atoms with Gasteiger partial charge in [-0.15, -0.1) is 0 Å². The lowest BCUT2D eigenvalue weighted by Gasteiger charge is -2.25. The Bertz CT molecular complexity index is 402. The highest BCUT2D eigenvalue weighted by atomic mass is 16.3. The van der Waals surface area contributed by atoms with Gasteiger partial charge < -0.3 is 9.32 Å². The molecule has 4 nitrogen and oxygen atoms in total. The van der Waals surface area contributed by atoms with Crippen LogP contribution in [0.2, 0.25) is 0 Å². The molecule has 0 radical (unpaired) electrons. The van der Waals surface area contributed by atoms with Crippen molar-refractivity contribution in [3.05, 3.63) is 24.2 Å². The Morgan fingerprint density at radius 1 is 1.35 bits per heavy atom. The highest BCUT2D eigenvalue weighted by Gasteiger charge is 2.36. The molecular formula is C13H18N2O2. The van der Waals surface area contributed by atoms with Crippen molar-refractivity contribution in [3.63, 3.8) is 0 Å². The Kier molecular flexibility index (Phi) is 2.67. The highest BCUT2D eigenvalue weighted by molar-refractivity contribution is 5.93. The van der Waals surface area contributed by atoms with Crippen molar-refractivity contribution in [1.29, 1.82) is 0 Å². The average molecular weight is 234 g/mol. The lowest BCUT2D eigenvalue weighted by Crippen LogP contribution is -2.39. The van der Waals surface area contributed by atoms with E-state index in [1.807, 2.05) is 4.90 Å². The number of carbonyl (C=O) groups is 1. The Labute approximate surface area is 101 Å². The van der Waals surface area contributed by atoms with Crippen LogP contribution in [0.5, 0.6) is 0 Å². The third-order valence-corrected chi connectivity index (χ3v) is 4.20. The predicted molar refractivity (Wildman–Crippen MR) is 63.8 cm³/mol. The van der Waals surface area contributed by atoms with Crippen molar-refractivity contribution in [3.8, 4) is 0 Å². The minimum Gasteiger partial charge on any atom is -0.472 e. The number of rotatable bonds is 1. The van der Waals surface area contributed by atoms with E-state index in [9.17, 15) is 4.79 Å². The SMILES string of the molecule is CN1C2CCC1CN(C(=O)c1ccoc1)CC2. The molecule has 2 atom stereocenters. The monoisotopic (exact) mass is 234 g/mol. The van der Waals surface area contributed by atoms with E-state index in [-0.39, 0.29) is 5.91 Å². The molecule has 2 unspecified atom stereocenters. The minimum absolute atomic E-state index is 0.111. The molecule has 2 saturated heterocycles. The topological polar surface area (TPSA) is 36.7 Å². The van der Waals surface area contributed by atoms with Crippen LogP contribution in [0.1, 0.15) is 29.6 Å². The molecule has 0 spiro atoms. The standard InChI is InChI=1S/C13H18N2O2/c1-14-11-2-3-12(14)8-15(6-4-11)13(16)10-5-7-17-9-10/h5,7,9,11-12H,2-4,6,8H2,1H3. The second-order valence-electron chi connectivity index (χ2n) is 5.10. The van der Waals surface area contributed by atoms with Crippen LogP contribution in [-0.2, 0) is 0 Å². The van der Waals surface area contributed by atoms with E-state index in [1.165, 1.54) is 19.1 Å². The number of hydrogen-bond acceptors (Lipinski definition) is 3. The van der Waals surface area contributed by atoms with Gasteiger partial charge in [0.1, 0.15) is 6.26 Å². The maximum atomic E-state index is 12.2. The number of furan rings is 1. The van der Waals surface area contributed by atoms with Gasteiger partial charge in [0.05, 0.1) is 11.8 Å². The van der Waals surface area contributed by atoms with Crippen LogP contribution in [0, 0.1) is 0 Å². The summed E-state index contributed by atoms with van der Waals surface area (Å²) in [6.07, 6.45) is 6.69. The molecule has 92 valence electrons. The summed E-state index contributed by atoms with van der Waals surface area (Å²) >= 11 is 0. The summed E-state index contributed by atoms with van der Waals surface area (Å²) in [6, 6.07) is 2.95. The van der Waals surface area contributed by atoms with Gasteiger partial charge in [0.25, 0.3) is 5.91 Å². The molecular weight excluding hydrogens is 216 g/mol. The van der Waals surface area contributed by atoms with E-state index in [0.29, 0.717) is 17.6 Å². The van der Waals surface area contributed by atoms with Gasteiger partial charge in [0.15, 0.2) is 0 Å². The zero-order valence-corrected chi connectivity index (χ0v) is 10.1. The first-order valence-corrected chi connectivity index (χ1v) is 6.29. The molecule has 2 fully saturated rings. The Morgan fingerprint density at radius 2 is 2.18 bits per heavy atom. The lowest BCUT2D eigenvalue weighted by molar-refractivity contribution is 0.0739. The van der Waals surface area contributed by atoms with Crippen molar-refractivity contribution < 1.29 is 9.21 Å². The molecule has 2 aliphatic rings. The van der Waals surface area contributed by atoms with Crippen LogP contribution >= 0.6 is 0 Å². The largest absolute Gasteiger partial charge is 0.472 e. The summed E-state index contributed by atoms with van der Waals surface area (Å²) in [6.45, 7) is 1.73. The molecule has 1 amide bonds. The van der Waals surface area contributed by atoms with E-state index in [4.69, 9.17) is 4.42 Å². The van der Waals surface area contributed by atoms with Gasteiger partial charge in [-0.1, -0.05) is 0 Å². The molecule has 0 N–H and O–H groups in total. The van der Waals surface area contributed by atoms with Gasteiger partial charge in [-0.3, -0.25) is 9.69 Å². The van der Waals surface area contributed by atoms with Crippen molar-refractivity contribution in [2.45, 2.75) is 31.3 Å². The van der Waals surface area contributed by atoms with E-state index in [0.717, 1.165) is 19.5 Å². The van der Waals surface area contributed by atoms with Gasteiger partial charge in [0, 0.05) is 25.2 Å². The van der Waals surface area contributed by atoms with Crippen LogP contribution in [0.25, 0.3) is 0 Å². The van der Waals surface area contributed by atoms with Gasteiger partial charge in [0.2, 0.25) is 0 Å². The number of likely N-dealkylation sites (tertiary alicyclic amines) is 1. The van der Waals surface area contributed by atoms with Crippen molar-refractivity contribution in [2.24, 2.45) is 0 Å². The van der Waals surface area contributed by atoms with Crippen LogP contribution in [0.4, 0.5) is 0 Å². The molecule has 3 rings (SSSR count). The normalized spacial score (nSPS) is 29.4. The van der Waals surface area contributed by atoms with Crippen molar-refractivity contribution >= 4 is 5.91 Å². The summed E-state index contributed by atoms with van der Waals surface area (Å²) in [7, 11) is 2.19. The predicted octanol–water partition coefficient (Wildman–Crippen LogP) is 1.59. The molecule has 3 heterocycles. The van der Waals surface area contributed by atoms with E-state index >= 15 is 0 Å². The lowest BCUT2D eigenvalue weighted by atomic mass is 10.1. The van der Waals surface area contributed by atoms with E-state index in [1.54, 1.807) is 12.3 Å². The van der Waals surface area contributed by atoms with Gasteiger partial charge >= 0.3 is 0 Å². The third kappa shape index (κ3) is 1.86. The Hall–Kier alpha value is -1.29. The van der Waals surface area contributed by atoms with Crippen LogP contribution in [0.15, 0.2) is 23.0 Å². The maximum Gasteiger partial charge on any atom is 0.257 e. The van der Waals surface area contributed by atoms with Crippen molar-refractivity contribution in [2.75, 3.05) is 20.1 Å². The zero-order valence-electron chi connectivity index (χ0n) is 10.1. The van der Waals surface area contributed by atoms with Crippen LogP contribution in [-0.4, -0.2) is 47.9 Å². The number of likely N-dealkylation sites (N-methyl/N-ethyl adjacent to an activating group) is 1. The van der Waals surface area contributed by atoms with Crippen LogP contribution in [0.3, 0.4) is 0 Å². The second-order valence-corrected chi connectivity index (χ2v) is 5.10. The first kappa shape index (κ1) is 10.8. The Balaban J connectivity index is 1.75. The summed E-state index contributed by atoms with van der Waals surface area (Å²) in [4.78, 5) is 16.7. The van der Waals surface area contributed by atoms with Gasteiger partial charge in [-0.05, 0) is 32.4 Å². The quantitative estimate of drug-likeness (QED) is 0.740. The van der Waals surface area contributed by atoms with Crippen LogP contribution < -0.4 is 0 Å². The summed E-state index contributed by atoms with van der Waals surface area (Å²) < 4.78 is 4.98. The fourth-order valence-corrected chi connectivity index (χ4v) is 3.06. The maximum absolute atomic E-state index is 12.2. The molecule has 2 aliphatic heterocycles. The average Bonchev–Trinajstić information content (AvgIpc) is 2.88. The first-order chi connectivity index (χ1) is 8.25. The molecule has 1 aromatic rings. The smallest absolute Gasteiger partial charge is 0.257 e. The van der Waals surface area contributed by atoms with E-state index in [2.05, 4.69) is 11.9 Å². The number of amides is 1. The molecule has 17 heavy (non-hydrogen) atoms. The molecule has 2 bridgehead atoms. The Morgan fingerprint density at radius 3 is 2.94 bits per heavy atom. The van der Waals surface area contributed by atoms with Gasteiger partial charge in [-0.25, -0.2) is 0 Å². The fourth-order valence-electron chi connectivity index (χ4n) is 3.06. The molecule has 0 aliphatic carbocycles. The number of fused-ring (bicyclic) bond motifs is 2. The van der Waals surface area contributed by atoms with E-state index < -0.39 is 0 Å². The number of carbonyl (C=O) groups excluding carboxylic acids is 1.